The number of aliphatic carboxylic acids is 1. The molecule has 0 aromatic heterocycles. The molecule has 2 rings (SSSR count). The third-order valence-corrected chi connectivity index (χ3v) is 3.28. The fourth-order valence-corrected chi connectivity index (χ4v) is 2.12. The normalized spacial score (nSPS) is 21.4. The Bertz CT molecular complexity index is 475. The minimum Gasteiger partial charge on any atom is -0.481 e. The van der Waals surface area contributed by atoms with Crippen LogP contribution in [0.4, 0.5) is 0 Å². The summed E-state index contributed by atoms with van der Waals surface area (Å²) in [7, 11) is 0. The summed E-state index contributed by atoms with van der Waals surface area (Å²) in [5.74, 6) is -1.88. The zero-order valence-electron chi connectivity index (χ0n) is 9.73. The van der Waals surface area contributed by atoms with Crippen molar-refractivity contribution in [1.82, 2.24) is 5.32 Å². The van der Waals surface area contributed by atoms with Gasteiger partial charge in [0.1, 0.15) is 0 Å². The van der Waals surface area contributed by atoms with Gasteiger partial charge < -0.3 is 10.4 Å². The number of carboxylic acid groups (broad SMARTS) is 1. The third kappa shape index (κ3) is 3.23. The van der Waals surface area contributed by atoms with Gasteiger partial charge >= 0.3 is 5.97 Å². The van der Waals surface area contributed by atoms with Gasteiger partial charge in [0.25, 0.3) is 0 Å². The molecule has 1 aromatic carbocycles. The van der Waals surface area contributed by atoms with Crippen molar-refractivity contribution in [2.75, 3.05) is 6.54 Å². The number of benzene rings is 1. The Kier molecular flexibility index (Phi) is 3.87. The molecule has 1 amide bonds. The number of hydrogen-bond acceptors (Lipinski definition) is 2. The molecule has 5 heteroatoms. The van der Waals surface area contributed by atoms with Crippen LogP contribution >= 0.6 is 11.6 Å². The van der Waals surface area contributed by atoms with Gasteiger partial charge in [-0.15, -0.1) is 0 Å². The number of nitrogens with one attached hydrogen (secondary N) is 1. The lowest BCUT2D eigenvalue weighted by atomic mass is 10.1. The van der Waals surface area contributed by atoms with Crippen LogP contribution in [0.25, 0.3) is 0 Å². The standard InChI is InChI=1S/C13H14ClNO3/c14-9-3-1-2-8(6-9)4-5-15-12(16)10-7-11(10)13(17)18/h1-3,6,10-11H,4-5,7H2,(H,15,16)(H,17,18)/t10-,11-/m0/s1. The summed E-state index contributed by atoms with van der Waals surface area (Å²) < 4.78 is 0. The third-order valence-electron chi connectivity index (χ3n) is 3.05. The van der Waals surface area contributed by atoms with Crippen LogP contribution in [-0.2, 0) is 16.0 Å². The maximum atomic E-state index is 11.6. The van der Waals surface area contributed by atoms with Gasteiger partial charge in [-0.1, -0.05) is 23.7 Å². The lowest BCUT2D eigenvalue weighted by molar-refractivity contribution is -0.140. The van der Waals surface area contributed by atoms with Crippen LogP contribution in [0, 0.1) is 11.8 Å². The highest BCUT2D eigenvalue weighted by atomic mass is 35.5. The van der Waals surface area contributed by atoms with Crippen molar-refractivity contribution in [2.45, 2.75) is 12.8 Å². The fourth-order valence-electron chi connectivity index (χ4n) is 1.91. The van der Waals surface area contributed by atoms with Crippen LogP contribution in [0.5, 0.6) is 0 Å². The molecule has 2 atom stereocenters. The second kappa shape index (κ2) is 5.40. The summed E-state index contributed by atoms with van der Waals surface area (Å²) in [4.78, 5) is 22.2. The van der Waals surface area contributed by atoms with Crippen LogP contribution in [0.15, 0.2) is 24.3 Å². The molecule has 1 aliphatic carbocycles. The van der Waals surface area contributed by atoms with E-state index < -0.39 is 11.9 Å². The molecule has 0 unspecified atom stereocenters. The average molecular weight is 268 g/mol. The van der Waals surface area contributed by atoms with E-state index in [2.05, 4.69) is 5.32 Å². The molecule has 1 saturated carbocycles. The first-order valence-corrected chi connectivity index (χ1v) is 6.20. The maximum Gasteiger partial charge on any atom is 0.307 e. The van der Waals surface area contributed by atoms with Gasteiger partial charge in [0.2, 0.25) is 5.91 Å². The Morgan fingerprint density at radius 3 is 2.78 bits per heavy atom. The predicted molar refractivity (Wildman–Crippen MR) is 67.4 cm³/mol. The monoisotopic (exact) mass is 267 g/mol. The molecule has 1 fully saturated rings. The Hall–Kier alpha value is -1.55. The predicted octanol–water partition coefficient (Wildman–Crippen LogP) is 1.72. The van der Waals surface area contributed by atoms with E-state index in [0.29, 0.717) is 24.4 Å². The van der Waals surface area contributed by atoms with Gasteiger partial charge in [0.15, 0.2) is 0 Å². The Balaban J connectivity index is 1.73. The number of carbonyl (C=O) groups excluding carboxylic acids is 1. The Labute approximate surface area is 110 Å². The van der Waals surface area contributed by atoms with E-state index in [1.54, 1.807) is 6.07 Å². The fraction of sp³-hybridized carbons (Fsp3) is 0.385. The Morgan fingerprint density at radius 1 is 1.39 bits per heavy atom. The van der Waals surface area contributed by atoms with E-state index in [4.69, 9.17) is 16.7 Å². The van der Waals surface area contributed by atoms with E-state index >= 15 is 0 Å². The number of rotatable bonds is 5. The van der Waals surface area contributed by atoms with Crippen LogP contribution in [0.1, 0.15) is 12.0 Å². The molecule has 4 nitrogen and oxygen atoms in total. The number of carboxylic acids is 1. The number of amides is 1. The summed E-state index contributed by atoms with van der Waals surface area (Å²) in [6.45, 7) is 0.502. The Morgan fingerprint density at radius 2 is 2.17 bits per heavy atom. The minimum atomic E-state index is -0.884. The summed E-state index contributed by atoms with van der Waals surface area (Å²) >= 11 is 5.85. The van der Waals surface area contributed by atoms with Crippen molar-refractivity contribution in [1.29, 1.82) is 0 Å². The van der Waals surface area contributed by atoms with Crippen molar-refractivity contribution < 1.29 is 14.7 Å². The highest BCUT2D eigenvalue weighted by Gasteiger charge is 2.48. The van der Waals surface area contributed by atoms with E-state index in [0.717, 1.165) is 5.56 Å². The molecule has 0 bridgehead atoms. The first-order chi connectivity index (χ1) is 8.58. The molecule has 0 aliphatic heterocycles. The van der Waals surface area contributed by atoms with Crippen LogP contribution in [0.2, 0.25) is 5.02 Å². The molecule has 1 aromatic rings. The molecule has 0 spiro atoms. The van der Waals surface area contributed by atoms with Crippen molar-refractivity contribution in [2.24, 2.45) is 11.8 Å². The van der Waals surface area contributed by atoms with Gasteiger partial charge in [-0.3, -0.25) is 9.59 Å². The van der Waals surface area contributed by atoms with Crippen LogP contribution < -0.4 is 5.32 Å². The molecule has 0 heterocycles. The second-order valence-electron chi connectivity index (χ2n) is 4.46. The van der Waals surface area contributed by atoms with E-state index in [-0.39, 0.29) is 11.8 Å². The van der Waals surface area contributed by atoms with Gasteiger partial charge in [-0.2, -0.15) is 0 Å². The average Bonchev–Trinajstić information content (AvgIpc) is 3.09. The lowest BCUT2D eigenvalue weighted by Gasteiger charge is -2.05. The number of carbonyl (C=O) groups is 2. The summed E-state index contributed by atoms with van der Waals surface area (Å²) in [5.41, 5.74) is 1.05. The van der Waals surface area contributed by atoms with Gasteiger partial charge in [0, 0.05) is 11.6 Å². The minimum absolute atomic E-state index is 0.163. The van der Waals surface area contributed by atoms with E-state index in [1.165, 1.54) is 0 Å². The largest absolute Gasteiger partial charge is 0.481 e. The van der Waals surface area contributed by atoms with E-state index in [1.807, 2.05) is 18.2 Å². The van der Waals surface area contributed by atoms with Crippen LogP contribution in [-0.4, -0.2) is 23.5 Å². The molecule has 18 heavy (non-hydrogen) atoms. The topological polar surface area (TPSA) is 66.4 Å². The smallest absolute Gasteiger partial charge is 0.307 e. The first kappa shape index (κ1) is 12.9. The van der Waals surface area contributed by atoms with Gasteiger partial charge in [0.05, 0.1) is 11.8 Å². The number of hydrogen-bond donors (Lipinski definition) is 2. The number of halogens is 1. The zero-order valence-corrected chi connectivity index (χ0v) is 10.5. The van der Waals surface area contributed by atoms with Crippen LogP contribution in [0.3, 0.4) is 0 Å². The second-order valence-corrected chi connectivity index (χ2v) is 4.89. The molecular formula is C13H14ClNO3. The maximum absolute atomic E-state index is 11.6. The summed E-state index contributed by atoms with van der Waals surface area (Å²) in [6.07, 6.45) is 1.15. The SMILES string of the molecule is O=C(O)[C@H]1C[C@@H]1C(=O)NCCc1cccc(Cl)c1. The van der Waals surface area contributed by atoms with E-state index in [9.17, 15) is 9.59 Å². The van der Waals surface area contributed by atoms with Gasteiger partial charge in [-0.05, 0) is 30.5 Å². The summed E-state index contributed by atoms with van der Waals surface area (Å²) in [5, 5.41) is 12.1. The summed E-state index contributed by atoms with van der Waals surface area (Å²) in [6, 6.07) is 7.45. The molecule has 0 radical (unpaired) electrons. The molecule has 1 aliphatic rings. The zero-order chi connectivity index (χ0) is 13.1. The van der Waals surface area contributed by atoms with Gasteiger partial charge in [-0.25, -0.2) is 0 Å². The lowest BCUT2D eigenvalue weighted by Crippen LogP contribution is -2.28. The molecular weight excluding hydrogens is 254 g/mol. The first-order valence-electron chi connectivity index (χ1n) is 5.83. The van der Waals surface area contributed by atoms with Crippen molar-refractivity contribution in [3.63, 3.8) is 0 Å². The van der Waals surface area contributed by atoms with Crippen molar-refractivity contribution in [3.8, 4) is 0 Å². The molecule has 0 saturated heterocycles. The molecule has 96 valence electrons. The van der Waals surface area contributed by atoms with Crippen molar-refractivity contribution >= 4 is 23.5 Å². The quantitative estimate of drug-likeness (QED) is 0.854. The molecule has 2 N–H and O–H groups in total. The highest BCUT2D eigenvalue weighted by molar-refractivity contribution is 6.30. The van der Waals surface area contributed by atoms with Crippen molar-refractivity contribution in [3.05, 3.63) is 34.9 Å². The highest BCUT2D eigenvalue weighted by Crippen LogP contribution is 2.38.